The zero-order valence-electron chi connectivity index (χ0n) is 9.91. The molecule has 1 fully saturated rings. The van der Waals surface area contributed by atoms with Crippen molar-refractivity contribution < 1.29 is 9.53 Å². The summed E-state index contributed by atoms with van der Waals surface area (Å²) in [6.45, 7) is 0. The molecule has 0 N–H and O–H groups in total. The van der Waals surface area contributed by atoms with Crippen molar-refractivity contribution in [2.75, 3.05) is 7.11 Å². The number of rotatable bonds is 5. The normalized spacial score (nSPS) is 17.5. The maximum Gasteiger partial charge on any atom is 0.141 e. The van der Waals surface area contributed by atoms with Crippen LogP contribution < -0.4 is 0 Å². The Balaban J connectivity index is 1.91. The van der Waals surface area contributed by atoms with Crippen LogP contribution in [0.3, 0.4) is 0 Å². The number of aromatic nitrogens is 1. The molecule has 0 atom stereocenters. The summed E-state index contributed by atoms with van der Waals surface area (Å²) in [5, 5.41) is 0. The second-order valence-corrected chi connectivity index (χ2v) is 5.52. The number of nitrogens with zero attached hydrogens (tertiary/aromatic N) is 1. The van der Waals surface area contributed by atoms with Crippen molar-refractivity contribution in [2.45, 2.75) is 37.7 Å². The first kappa shape index (κ1) is 12.7. The summed E-state index contributed by atoms with van der Waals surface area (Å²) in [6.07, 6.45) is 5.81. The second kappa shape index (κ2) is 5.27. The summed E-state index contributed by atoms with van der Waals surface area (Å²) in [7, 11) is 1.70. The SMILES string of the molecule is COC1(CC(=O)Cc2ccc(Br)cn2)CCC1. The van der Waals surface area contributed by atoms with Crippen LogP contribution in [0.1, 0.15) is 31.4 Å². The van der Waals surface area contributed by atoms with Crippen molar-refractivity contribution in [1.82, 2.24) is 4.98 Å². The molecule has 0 radical (unpaired) electrons. The number of ketones is 1. The molecule has 1 aromatic heterocycles. The molecule has 0 amide bonds. The number of halogens is 1. The Kier molecular flexibility index (Phi) is 3.94. The van der Waals surface area contributed by atoms with Crippen LogP contribution in [0.4, 0.5) is 0 Å². The lowest BCUT2D eigenvalue weighted by atomic mass is 9.76. The highest BCUT2D eigenvalue weighted by atomic mass is 79.9. The minimum absolute atomic E-state index is 0.174. The molecule has 1 saturated carbocycles. The van der Waals surface area contributed by atoms with Crippen molar-refractivity contribution in [3.05, 3.63) is 28.5 Å². The first-order valence-electron chi connectivity index (χ1n) is 5.81. The van der Waals surface area contributed by atoms with Gasteiger partial charge in [0.25, 0.3) is 0 Å². The molecule has 1 heterocycles. The van der Waals surface area contributed by atoms with Gasteiger partial charge in [0.05, 0.1) is 5.60 Å². The van der Waals surface area contributed by atoms with Gasteiger partial charge in [-0.15, -0.1) is 0 Å². The molecular formula is C13H16BrNO2. The third-order valence-corrected chi connectivity index (χ3v) is 3.85. The van der Waals surface area contributed by atoms with Crippen LogP contribution in [-0.4, -0.2) is 23.5 Å². The predicted molar refractivity (Wildman–Crippen MR) is 68.9 cm³/mol. The van der Waals surface area contributed by atoms with E-state index in [4.69, 9.17) is 4.74 Å². The Labute approximate surface area is 110 Å². The van der Waals surface area contributed by atoms with E-state index < -0.39 is 0 Å². The second-order valence-electron chi connectivity index (χ2n) is 4.60. The van der Waals surface area contributed by atoms with Gasteiger partial charge < -0.3 is 4.74 Å². The summed E-state index contributed by atoms with van der Waals surface area (Å²) < 4.78 is 6.38. The van der Waals surface area contributed by atoms with Gasteiger partial charge >= 0.3 is 0 Å². The lowest BCUT2D eigenvalue weighted by Crippen LogP contribution is -2.41. The monoisotopic (exact) mass is 297 g/mol. The van der Waals surface area contributed by atoms with E-state index in [1.165, 1.54) is 0 Å². The molecule has 1 aliphatic rings. The summed E-state index contributed by atoms with van der Waals surface area (Å²) in [6, 6.07) is 3.79. The van der Waals surface area contributed by atoms with Crippen LogP contribution in [0.2, 0.25) is 0 Å². The van der Waals surface area contributed by atoms with Gasteiger partial charge in [-0.2, -0.15) is 0 Å². The van der Waals surface area contributed by atoms with Crippen molar-refractivity contribution in [1.29, 1.82) is 0 Å². The molecule has 0 spiro atoms. The maximum absolute atomic E-state index is 11.9. The Morgan fingerprint density at radius 1 is 1.53 bits per heavy atom. The number of hydrogen-bond acceptors (Lipinski definition) is 3. The number of hydrogen-bond donors (Lipinski definition) is 0. The summed E-state index contributed by atoms with van der Waals surface area (Å²) >= 11 is 3.32. The van der Waals surface area contributed by atoms with Gasteiger partial charge in [-0.25, -0.2) is 0 Å². The molecule has 1 aliphatic carbocycles. The van der Waals surface area contributed by atoms with Crippen molar-refractivity contribution in [2.24, 2.45) is 0 Å². The van der Waals surface area contributed by atoms with E-state index >= 15 is 0 Å². The lowest BCUT2D eigenvalue weighted by Gasteiger charge is -2.40. The van der Waals surface area contributed by atoms with Crippen molar-refractivity contribution in [3.63, 3.8) is 0 Å². The Bertz CT molecular complexity index is 393. The molecule has 4 heteroatoms. The fourth-order valence-electron chi connectivity index (χ4n) is 2.16. The number of carbonyl (C=O) groups is 1. The van der Waals surface area contributed by atoms with E-state index in [0.717, 1.165) is 29.4 Å². The average molecular weight is 298 g/mol. The minimum atomic E-state index is -0.174. The zero-order valence-corrected chi connectivity index (χ0v) is 11.5. The number of ether oxygens (including phenoxy) is 1. The Hall–Kier alpha value is -0.740. The number of Topliss-reactive ketones (excluding diaryl/α,β-unsaturated/α-hetero) is 1. The van der Waals surface area contributed by atoms with E-state index in [2.05, 4.69) is 20.9 Å². The molecule has 0 saturated heterocycles. The van der Waals surface area contributed by atoms with E-state index in [0.29, 0.717) is 12.8 Å². The number of carbonyl (C=O) groups excluding carboxylic acids is 1. The molecule has 0 aromatic carbocycles. The topological polar surface area (TPSA) is 39.2 Å². The zero-order chi connectivity index (χ0) is 12.3. The van der Waals surface area contributed by atoms with Crippen LogP contribution in [0, 0.1) is 0 Å². The predicted octanol–water partition coefficient (Wildman–Crippen LogP) is 2.91. The van der Waals surface area contributed by atoms with Gasteiger partial charge in [0, 0.05) is 36.3 Å². The highest BCUT2D eigenvalue weighted by Crippen LogP contribution is 2.38. The maximum atomic E-state index is 11.9. The standard InChI is InChI=1S/C13H16BrNO2/c1-17-13(5-2-6-13)8-12(16)7-11-4-3-10(14)9-15-11/h3-4,9H,2,5-8H2,1H3. The van der Waals surface area contributed by atoms with Crippen molar-refractivity contribution >= 4 is 21.7 Å². The smallest absolute Gasteiger partial charge is 0.141 e. The summed E-state index contributed by atoms with van der Waals surface area (Å²) in [5.74, 6) is 0.210. The summed E-state index contributed by atoms with van der Waals surface area (Å²) in [5.41, 5.74) is 0.649. The molecule has 2 rings (SSSR count). The third-order valence-electron chi connectivity index (χ3n) is 3.38. The largest absolute Gasteiger partial charge is 0.378 e. The van der Waals surface area contributed by atoms with Crippen molar-refractivity contribution in [3.8, 4) is 0 Å². The van der Waals surface area contributed by atoms with Gasteiger partial charge in [0.2, 0.25) is 0 Å². The van der Waals surface area contributed by atoms with Gasteiger partial charge in [0.15, 0.2) is 0 Å². The number of pyridine rings is 1. The molecule has 17 heavy (non-hydrogen) atoms. The highest BCUT2D eigenvalue weighted by molar-refractivity contribution is 9.10. The molecule has 92 valence electrons. The van der Waals surface area contributed by atoms with Gasteiger partial charge in [-0.3, -0.25) is 9.78 Å². The minimum Gasteiger partial charge on any atom is -0.378 e. The van der Waals surface area contributed by atoms with Crippen LogP contribution in [0.15, 0.2) is 22.8 Å². The fraction of sp³-hybridized carbons (Fsp3) is 0.538. The van der Waals surface area contributed by atoms with Gasteiger partial charge in [-0.1, -0.05) is 0 Å². The number of methoxy groups -OCH3 is 1. The molecular weight excluding hydrogens is 282 g/mol. The molecule has 0 unspecified atom stereocenters. The lowest BCUT2D eigenvalue weighted by molar-refractivity contribution is -0.131. The van der Waals surface area contributed by atoms with Crippen LogP contribution in [-0.2, 0) is 16.0 Å². The van der Waals surface area contributed by atoms with Crippen LogP contribution in [0.5, 0.6) is 0 Å². The fourth-order valence-corrected chi connectivity index (χ4v) is 2.39. The van der Waals surface area contributed by atoms with E-state index in [-0.39, 0.29) is 11.4 Å². The molecule has 3 nitrogen and oxygen atoms in total. The first-order valence-corrected chi connectivity index (χ1v) is 6.60. The average Bonchev–Trinajstić information content (AvgIpc) is 2.27. The van der Waals surface area contributed by atoms with Gasteiger partial charge in [-0.05, 0) is 47.3 Å². The first-order chi connectivity index (χ1) is 8.13. The molecule has 1 aromatic rings. The molecule has 0 aliphatic heterocycles. The van der Waals surface area contributed by atoms with E-state index in [1.54, 1.807) is 13.3 Å². The Morgan fingerprint density at radius 2 is 2.29 bits per heavy atom. The third kappa shape index (κ3) is 3.13. The highest BCUT2D eigenvalue weighted by Gasteiger charge is 2.38. The quantitative estimate of drug-likeness (QED) is 0.839. The van der Waals surface area contributed by atoms with Crippen LogP contribution in [0.25, 0.3) is 0 Å². The van der Waals surface area contributed by atoms with Crippen LogP contribution >= 0.6 is 15.9 Å². The van der Waals surface area contributed by atoms with E-state index in [9.17, 15) is 4.79 Å². The molecule has 0 bridgehead atoms. The summed E-state index contributed by atoms with van der Waals surface area (Å²) in [4.78, 5) is 16.1. The Morgan fingerprint density at radius 3 is 2.76 bits per heavy atom. The van der Waals surface area contributed by atoms with E-state index in [1.807, 2.05) is 12.1 Å². The van der Waals surface area contributed by atoms with Gasteiger partial charge in [0.1, 0.15) is 5.78 Å².